The molecule has 0 aliphatic carbocycles. The van der Waals surface area contributed by atoms with E-state index in [2.05, 4.69) is 47.6 Å². The highest BCUT2D eigenvalue weighted by Gasteiger charge is 2.16. The second kappa shape index (κ2) is 6.23. The first-order valence-electron chi connectivity index (χ1n) is 5.70. The molecule has 0 amide bonds. The standard InChI is InChI=1S/C13H26/c1-7-11(5)9-13(10(3)4)12(6)8-2/h9-10,12-13H,7-8H2,1-6H3/b11-9+. The molecule has 78 valence electrons. The van der Waals surface area contributed by atoms with Crippen LogP contribution >= 0.6 is 0 Å². The predicted octanol–water partition coefficient (Wildman–Crippen LogP) is 4.66. The molecule has 0 aliphatic heterocycles. The Labute approximate surface area is 84.4 Å². The van der Waals surface area contributed by atoms with Gasteiger partial charge in [0.1, 0.15) is 0 Å². The average molecular weight is 182 g/mol. The Kier molecular flexibility index (Phi) is 6.11. The summed E-state index contributed by atoms with van der Waals surface area (Å²) in [7, 11) is 0. The van der Waals surface area contributed by atoms with Crippen LogP contribution in [0.4, 0.5) is 0 Å². The number of hydrogen-bond donors (Lipinski definition) is 0. The zero-order chi connectivity index (χ0) is 10.4. The molecule has 0 aromatic rings. The monoisotopic (exact) mass is 182 g/mol. The van der Waals surface area contributed by atoms with Crippen molar-refractivity contribution in [1.29, 1.82) is 0 Å². The highest BCUT2D eigenvalue weighted by molar-refractivity contribution is 5.02. The maximum atomic E-state index is 2.48. The van der Waals surface area contributed by atoms with Crippen molar-refractivity contribution >= 4 is 0 Å². The average Bonchev–Trinajstić information content (AvgIpc) is 2.11. The van der Waals surface area contributed by atoms with E-state index in [1.807, 2.05) is 0 Å². The third-order valence-electron chi connectivity index (χ3n) is 3.11. The lowest BCUT2D eigenvalue weighted by molar-refractivity contribution is 0.324. The summed E-state index contributed by atoms with van der Waals surface area (Å²) in [4.78, 5) is 0. The van der Waals surface area contributed by atoms with E-state index in [-0.39, 0.29) is 0 Å². The normalized spacial score (nSPS) is 17.6. The summed E-state index contributed by atoms with van der Waals surface area (Å²) in [5.74, 6) is 2.36. The molecule has 0 saturated carbocycles. The minimum absolute atomic E-state index is 0.768. The van der Waals surface area contributed by atoms with Crippen LogP contribution in [-0.4, -0.2) is 0 Å². The first-order valence-corrected chi connectivity index (χ1v) is 5.70. The van der Waals surface area contributed by atoms with Crippen molar-refractivity contribution in [2.45, 2.75) is 54.4 Å². The Morgan fingerprint density at radius 1 is 1.15 bits per heavy atom. The second-order valence-electron chi connectivity index (χ2n) is 4.57. The summed E-state index contributed by atoms with van der Waals surface area (Å²) in [5.41, 5.74) is 1.54. The fourth-order valence-electron chi connectivity index (χ4n) is 1.73. The van der Waals surface area contributed by atoms with Crippen molar-refractivity contribution in [2.24, 2.45) is 17.8 Å². The summed E-state index contributed by atoms with van der Waals surface area (Å²) in [6.07, 6.45) is 4.97. The van der Waals surface area contributed by atoms with E-state index in [9.17, 15) is 0 Å². The Morgan fingerprint density at radius 3 is 2.00 bits per heavy atom. The molecule has 2 atom stereocenters. The predicted molar refractivity (Wildman–Crippen MR) is 61.8 cm³/mol. The third-order valence-corrected chi connectivity index (χ3v) is 3.11. The molecule has 0 heterocycles. The molecule has 0 fully saturated rings. The van der Waals surface area contributed by atoms with Gasteiger partial charge >= 0.3 is 0 Å². The number of hydrogen-bond acceptors (Lipinski definition) is 0. The molecule has 0 spiro atoms. The van der Waals surface area contributed by atoms with Gasteiger partial charge in [-0.25, -0.2) is 0 Å². The highest BCUT2D eigenvalue weighted by Crippen LogP contribution is 2.26. The summed E-state index contributed by atoms with van der Waals surface area (Å²) in [6, 6.07) is 0. The largest absolute Gasteiger partial charge is 0.0820 e. The molecule has 0 aromatic carbocycles. The highest BCUT2D eigenvalue weighted by atomic mass is 14.2. The van der Waals surface area contributed by atoms with Crippen LogP contribution in [-0.2, 0) is 0 Å². The Hall–Kier alpha value is -0.260. The van der Waals surface area contributed by atoms with Crippen molar-refractivity contribution in [2.75, 3.05) is 0 Å². The zero-order valence-electron chi connectivity index (χ0n) is 10.2. The van der Waals surface area contributed by atoms with Crippen LogP contribution in [0.5, 0.6) is 0 Å². The smallest absolute Gasteiger partial charge is 0.0182 e. The van der Waals surface area contributed by atoms with E-state index < -0.39 is 0 Å². The van der Waals surface area contributed by atoms with Gasteiger partial charge in [-0.1, -0.05) is 52.7 Å². The molecule has 0 aliphatic rings. The summed E-state index contributed by atoms with van der Waals surface area (Å²) >= 11 is 0. The van der Waals surface area contributed by atoms with Crippen molar-refractivity contribution in [3.63, 3.8) is 0 Å². The van der Waals surface area contributed by atoms with Crippen molar-refractivity contribution in [1.82, 2.24) is 0 Å². The molecular formula is C13H26. The maximum Gasteiger partial charge on any atom is -0.0182 e. The quantitative estimate of drug-likeness (QED) is 0.542. The molecule has 0 aromatic heterocycles. The van der Waals surface area contributed by atoms with E-state index in [0.717, 1.165) is 17.8 Å². The first kappa shape index (κ1) is 12.7. The summed E-state index contributed by atoms with van der Waals surface area (Å²) < 4.78 is 0. The minimum atomic E-state index is 0.768. The lowest BCUT2D eigenvalue weighted by Crippen LogP contribution is -2.15. The molecule has 13 heavy (non-hydrogen) atoms. The van der Waals surface area contributed by atoms with Gasteiger partial charge in [-0.3, -0.25) is 0 Å². The van der Waals surface area contributed by atoms with E-state index in [1.165, 1.54) is 12.8 Å². The molecule has 2 unspecified atom stereocenters. The van der Waals surface area contributed by atoms with Gasteiger partial charge in [-0.05, 0) is 31.1 Å². The third kappa shape index (κ3) is 4.50. The van der Waals surface area contributed by atoms with Gasteiger partial charge in [0.15, 0.2) is 0 Å². The molecule has 0 saturated heterocycles. The molecule has 0 nitrogen and oxygen atoms in total. The molecular weight excluding hydrogens is 156 g/mol. The van der Waals surface area contributed by atoms with Gasteiger partial charge in [0.25, 0.3) is 0 Å². The Morgan fingerprint density at radius 2 is 1.69 bits per heavy atom. The Bertz CT molecular complexity index is 153. The number of allylic oxidation sites excluding steroid dienone is 2. The molecule has 0 radical (unpaired) electrons. The SMILES string of the molecule is CC/C(C)=C/C(C(C)C)C(C)CC. The lowest BCUT2D eigenvalue weighted by atomic mass is 9.81. The van der Waals surface area contributed by atoms with Crippen LogP contribution in [0, 0.1) is 17.8 Å². The fourth-order valence-corrected chi connectivity index (χ4v) is 1.73. The molecule has 0 bridgehead atoms. The topological polar surface area (TPSA) is 0 Å². The molecule has 0 rings (SSSR count). The molecule has 0 heteroatoms. The van der Waals surface area contributed by atoms with Crippen molar-refractivity contribution in [3.8, 4) is 0 Å². The van der Waals surface area contributed by atoms with Gasteiger partial charge in [0.2, 0.25) is 0 Å². The van der Waals surface area contributed by atoms with Crippen molar-refractivity contribution in [3.05, 3.63) is 11.6 Å². The van der Waals surface area contributed by atoms with Crippen LogP contribution in [0.1, 0.15) is 54.4 Å². The van der Waals surface area contributed by atoms with Crippen molar-refractivity contribution < 1.29 is 0 Å². The van der Waals surface area contributed by atoms with Crippen LogP contribution < -0.4 is 0 Å². The zero-order valence-corrected chi connectivity index (χ0v) is 10.2. The van der Waals surface area contributed by atoms with Crippen LogP contribution in [0.15, 0.2) is 11.6 Å². The van der Waals surface area contributed by atoms with Crippen LogP contribution in [0.25, 0.3) is 0 Å². The van der Waals surface area contributed by atoms with Gasteiger partial charge in [-0.2, -0.15) is 0 Å². The Balaban J connectivity index is 4.43. The van der Waals surface area contributed by atoms with E-state index >= 15 is 0 Å². The van der Waals surface area contributed by atoms with Gasteiger partial charge in [0.05, 0.1) is 0 Å². The summed E-state index contributed by atoms with van der Waals surface area (Å²) in [5, 5.41) is 0. The first-order chi connectivity index (χ1) is 6.02. The summed E-state index contributed by atoms with van der Waals surface area (Å²) in [6.45, 7) is 13.8. The molecule has 0 N–H and O–H groups in total. The second-order valence-corrected chi connectivity index (χ2v) is 4.57. The van der Waals surface area contributed by atoms with E-state index in [1.54, 1.807) is 5.57 Å². The maximum absolute atomic E-state index is 2.48. The van der Waals surface area contributed by atoms with E-state index in [4.69, 9.17) is 0 Å². The lowest BCUT2D eigenvalue weighted by Gasteiger charge is -2.24. The van der Waals surface area contributed by atoms with Gasteiger partial charge in [-0.15, -0.1) is 0 Å². The number of rotatable bonds is 5. The minimum Gasteiger partial charge on any atom is -0.0820 e. The van der Waals surface area contributed by atoms with Gasteiger partial charge in [0, 0.05) is 0 Å². The fraction of sp³-hybridized carbons (Fsp3) is 0.846. The van der Waals surface area contributed by atoms with Crippen LogP contribution in [0.3, 0.4) is 0 Å². The van der Waals surface area contributed by atoms with E-state index in [0.29, 0.717) is 0 Å². The van der Waals surface area contributed by atoms with Gasteiger partial charge < -0.3 is 0 Å². The van der Waals surface area contributed by atoms with Crippen LogP contribution in [0.2, 0.25) is 0 Å².